The first-order chi connectivity index (χ1) is 16.9. The zero-order valence-corrected chi connectivity index (χ0v) is 20.7. The van der Waals surface area contributed by atoms with Gasteiger partial charge in [0, 0.05) is 27.1 Å². The van der Waals surface area contributed by atoms with Crippen LogP contribution in [0.15, 0.2) is 112 Å². The van der Waals surface area contributed by atoms with Crippen LogP contribution in [0.2, 0.25) is 0 Å². The summed E-state index contributed by atoms with van der Waals surface area (Å²) < 4.78 is 29.7. The van der Waals surface area contributed by atoms with Gasteiger partial charge in [-0.15, -0.1) is 0 Å². The maximum Gasteiger partial charge on any atom is 0.261 e. The highest BCUT2D eigenvalue weighted by Crippen LogP contribution is 2.39. The third kappa shape index (κ3) is 4.84. The van der Waals surface area contributed by atoms with Crippen molar-refractivity contribution in [1.82, 2.24) is 0 Å². The Hall–Kier alpha value is -3.88. The molecule has 174 valence electrons. The van der Waals surface area contributed by atoms with E-state index in [2.05, 4.69) is 31.3 Å². The second kappa shape index (κ2) is 9.40. The molecule has 0 spiro atoms. The normalized spacial score (nSPS) is 14.1. The summed E-state index contributed by atoms with van der Waals surface area (Å²) in [6, 6.07) is 30.4. The third-order valence-corrected chi connectivity index (χ3v) is 7.41. The van der Waals surface area contributed by atoms with Crippen LogP contribution in [0.5, 0.6) is 0 Å². The molecule has 0 saturated heterocycles. The average Bonchev–Trinajstić information content (AvgIpc) is 3.19. The van der Waals surface area contributed by atoms with E-state index in [1.807, 2.05) is 60.7 Å². The fraction of sp³-hybridized carbons (Fsp3) is 0. The first-order valence-electron chi connectivity index (χ1n) is 10.8. The first kappa shape index (κ1) is 22.9. The second-order valence-electron chi connectivity index (χ2n) is 7.88. The number of halogens is 1. The van der Waals surface area contributed by atoms with Gasteiger partial charge in [-0.25, -0.2) is 8.42 Å². The van der Waals surface area contributed by atoms with Crippen molar-refractivity contribution in [3.05, 3.63) is 119 Å². The second-order valence-corrected chi connectivity index (χ2v) is 10.5. The van der Waals surface area contributed by atoms with Crippen LogP contribution in [0, 0.1) is 0 Å². The maximum atomic E-state index is 13.2. The van der Waals surface area contributed by atoms with E-state index < -0.39 is 10.0 Å². The monoisotopic (exact) mass is 545 g/mol. The third-order valence-electron chi connectivity index (χ3n) is 5.50. The lowest BCUT2D eigenvalue weighted by Crippen LogP contribution is -2.13. The van der Waals surface area contributed by atoms with Gasteiger partial charge in [-0.05, 0) is 60.2 Å². The van der Waals surface area contributed by atoms with Gasteiger partial charge in [-0.2, -0.15) is 0 Å². The van der Waals surface area contributed by atoms with Gasteiger partial charge < -0.3 is 10.6 Å². The van der Waals surface area contributed by atoms with Crippen molar-refractivity contribution in [2.24, 2.45) is 0 Å². The van der Waals surface area contributed by atoms with E-state index in [1.54, 1.807) is 30.3 Å². The summed E-state index contributed by atoms with van der Waals surface area (Å²) in [5, 5.41) is 6.23. The highest BCUT2D eigenvalue weighted by molar-refractivity contribution is 9.10. The van der Waals surface area contributed by atoms with Gasteiger partial charge in [0.1, 0.15) is 0 Å². The summed E-state index contributed by atoms with van der Waals surface area (Å²) in [4.78, 5) is 13.2. The van der Waals surface area contributed by atoms with Gasteiger partial charge in [0.2, 0.25) is 0 Å². The zero-order valence-electron chi connectivity index (χ0n) is 18.3. The quantitative estimate of drug-likeness (QED) is 0.252. The van der Waals surface area contributed by atoms with Crippen molar-refractivity contribution in [1.29, 1.82) is 0 Å². The van der Waals surface area contributed by atoms with Crippen LogP contribution in [-0.2, 0) is 14.8 Å². The number of sulfonamides is 1. The topological polar surface area (TPSA) is 87.3 Å². The van der Waals surface area contributed by atoms with Crippen molar-refractivity contribution in [2.45, 2.75) is 4.90 Å². The molecule has 1 amide bonds. The molecule has 1 aliphatic rings. The van der Waals surface area contributed by atoms with Crippen LogP contribution >= 0.6 is 15.9 Å². The largest absolute Gasteiger partial charge is 0.354 e. The van der Waals surface area contributed by atoms with Gasteiger partial charge >= 0.3 is 0 Å². The minimum atomic E-state index is -3.87. The van der Waals surface area contributed by atoms with Crippen molar-refractivity contribution in [3.63, 3.8) is 0 Å². The minimum Gasteiger partial charge on any atom is -0.354 e. The van der Waals surface area contributed by atoms with Crippen LogP contribution in [-0.4, -0.2) is 14.3 Å². The van der Waals surface area contributed by atoms with Gasteiger partial charge in [0.25, 0.3) is 15.9 Å². The number of benzene rings is 4. The number of carbonyl (C=O) groups is 1. The number of para-hydroxylation sites is 1. The molecular formula is C27H20BrN3O3S. The Labute approximate surface area is 211 Å². The van der Waals surface area contributed by atoms with Crippen LogP contribution < -0.4 is 15.4 Å². The molecule has 0 atom stereocenters. The molecule has 0 unspecified atom stereocenters. The Morgan fingerprint density at radius 1 is 0.771 bits per heavy atom. The van der Waals surface area contributed by atoms with Crippen molar-refractivity contribution in [2.75, 3.05) is 15.4 Å². The van der Waals surface area contributed by atoms with E-state index >= 15 is 0 Å². The lowest BCUT2D eigenvalue weighted by Gasteiger charge is -2.15. The lowest BCUT2D eigenvalue weighted by molar-refractivity contribution is -0.110. The summed E-state index contributed by atoms with van der Waals surface area (Å²) in [6.45, 7) is 0. The Bertz CT molecular complexity index is 1540. The van der Waals surface area contributed by atoms with E-state index in [1.165, 1.54) is 12.1 Å². The number of carbonyl (C=O) groups excluding carboxylic acids is 1. The fourth-order valence-corrected chi connectivity index (χ4v) is 5.19. The predicted molar refractivity (Wildman–Crippen MR) is 143 cm³/mol. The molecule has 5 rings (SSSR count). The van der Waals surface area contributed by atoms with Gasteiger partial charge in [0.15, 0.2) is 0 Å². The van der Waals surface area contributed by atoms with Gasteiger partial charge in [0.05, 0.1) is 16.2 Å². The predicted octanol–water partition coefficient (Wildman–Crippen LogP) is 6.18. The van der Waals surface area contributed by atoms with Crippen molar-refractivity contribution < 1.29 is 13.2 Å². The molecule has 1 heterocycles. The molecule has 0 saturated carbocycles. The number of anilines is 3. The molecule has 3 N–H and O–H groups in total. The summed E-state index contributed by atoms with van der Waals surface area (Å²) in [7, 11) is -3.87. The molecule has 0 aromatic heterocycles. The van der Waals surface area contributed by atoms with Crippen molar-refractivity contribution >= 4 is 60.2 Å². The standard InChI is InChI=1S/C27H20BrN3O3S/c28-19-11-13-20(14-12-19)29-26(18-7-3-1-4-8-18)25-23-17-22(15-16-24(23)30-27(25)32)35(33,34)31-21-9-5-2-6-10-21/h1-17,29,31H,(H,30,32)/b26-25-. The molecule has 0 bridgehead atoms. The number of hydrogen-bond donors (Lipinski definition) is 3. The van der Waals surface area contributed by atoms with Crippen LogP contribution in [0.1, 0.15) is 11.1 Å². The highest BCUT2D eigenvalue weighted by atomic mass is 79.9. The molecule has 4 aromatic rings. The molecule has 0 fully saturated rings. The Kier molecular flexibility index (Phi) is 6.15. The molecule has 8 heteroatoms. The van der Waals surface area contributed by atoms with Crippen molar-refractivity contribution in [3.8, 4) is 0 Å². The number of fused-ring (bicyclic) bond motifs is 1. The number of amides is 1. The van der Waals surface area contributed by atoms with Crippen LogP contribution in [0.4, 0.5) is 17.1 Å². The summed E-state index contributed by atoms with van der Waals surface area (Å²) in [5.41, 5.74) is 4.05. The molecule has 0 radical (unpaired) electrons. The smallest absolute Gasteiger partial charge is 0.261 e. The number of nitrogens with one attached hydrogen (secondary N) is 3. The average molecular weight is 546 g/mol. The molecule has 35 heavy (non-hydrogen) atoms. The van der Waals surface area contributed by atoms with E-state index in [-0.39, 0.29) is 10.8 Å². The van der Waals surface area contributed by atoms with Crippen LogP contribution in [0.3, 0.4) is 0 Å². The summed E-state index contributed by atoms with van der Waals surface area (Å²) in [5.74, 6) is -0.311. The Morgan fingerprint density at radius 3 is 2.11 bits per heavy atom. The highest BCUT2D eigenvalue weighted by Gasteiger charge is 2.30. The molecular weight excluding hydrogens is 526 g/mol. The van der Waals surface area contributed by atoms with Crippen LogP contribution in [0.25, 0.3) is 11.3 Å². The zero-order chi connectivity index (χ0) is 24.4. The SMILES string of the molecule is O=C1Nc2ccc(S(=O)(=O)Nc3ccccc3)cc2/C1=C(/Nc1ccc(Br)cc1)c1ccccc1. The minimum absolute atomic E-state index is 0.0603. The van der Waals surface area contributed by atoms with Gasteiger partial charge in [-0.3, -0.25) is 9.52 Å². The van der Waals surface area contributed by atoms with Gasteiger partial charge in [-0.1, -0.05) is 64.5 Å². The Balaban J connectivity index is 1.63. The van der Waals surface area contributed by atoms with E-state index in [4.69, 9.17) is 0 Å². The molecule has 6 nitrogen and oxygen atoms in total. The Morgan fingerprint density at radius 2 is 1.43 bits per heavy atom. The molecule has 4 aromatic carbocycles. The van der Waals surface area contributed by atoms with E-state index in [0.717, 1.165) is 15.7 Å². The van der Waals surface area contributed by atoms with E-state index in [9.17, 15) is 13.2 Å². The fourth-order valence-electron chi connectivity index (χ4n) is 3.84. The summed E-state index contributed by atoms with van der Waals surface area (Å²) in [6.07, 6.45) is 0. The molecule has 1 aliphatic heterocycles. The number of rotatable bonds is 6. The molecule has 0 aliphatic carbocycles. The first-order valence-corrected chi connectivity index (χ1v) is 13.0. The van der Waals surface area contributed by atoms with E-state index in [0.29, 0.717) is 28.2 Å². The maximum absolute atomic E-state index is 13.2. The number of hydrogen-bond acceptors (Lipinski definition) is 4. The summed E-state index contributed by atoms with van der Waals surface area (Å²) >= 11 is 3.44. The lowest BCUT2D eigenvalue weighted by atomic mass is 10.00.